The van der Waals surface area contributed by atoms with E-state index in [1.54, 1.807) is 0 Å². The van der Waals surface area contributed by atoms with Gasteiger partial charge in [0.2, 0.25) is 0 Å². The third-order valence-corrected chi connectivity index (χ3v) is 5.94. The predicted molar refractivity (Wildman–Crippen MR) is 115 cm³/mol. The molecule has 0 fully saturated rings. The summed E-state index contributed by atoms with van der Waals surface area (Å²) < 4.78 is 0. The third kappa shape index (κ3) is 2.80. The van der Waals surface area contributed by atoms with Crippen molar-refractivity contribution in [2.75, 3.05) is 43.2 Å². The van der Waals surface area contributed by atoms with E-state index in [-0.39, 0.29) is 19.3 Å². The first-order chi connectivity index (χ1) is 14.2. The number of aliphatic hydroxyl groups is 2. The smallest absolute Gasteiger partial charge is 0.155 e. The zero-order valence-corrected chi connectivity index (χ0v) is 16.4. The van der Waals surface area contributed by atoms with Crippen LogP contribution in [0.25, 0.3) is 0 Å². The van der Waals surface area contributed by atoms with Crippen molar-refractivity contribution in [3.63, 3.8) is 0 Å². The van der Waals surface area contributed by atoms with Crippen LogP contribution >= 0.6 is 0 Å². The van der Waals surface area contributed by atoms with Crippen LogP contribution in [-0.4, -0.2) is 55.3 Å². The van der Waals surface area contributed by atoms with E-state index in [9.17, 15) is 10.2 Å². The molecule has 0 radical (unpaired) electrons. The molecule has 29 heavy (non-hydrogen) atoms. The number of allylic oxidation sites excluding steroid dienone is 1. The van der Waals surface area contributed by atoms with Crippen LogP contribution < -0.4 is 14.7 Å². The number of para-hydroxylation sites is 4. The minimum absolute atomic E-state index is 0.0718. The summed E-state index contributed by atoms with van der Waals surface area (Å²) >= 11 is 0. The maximum Gasteiger partial charge on any atom is 0.155 e. The molecule has 0 spiro atoms. The van der Waals surface area contributed by atoms with Crippen LogP contribution in [0.1, 0.15) is 0 Å². The molecule has 2 atom stereocenters. The van der Waals surface area contributed by atoms with Crippen molar-refractivity contribution in [1.82, 2.24) is 0 Å². The normalized spacial score (nSPS) is 22.0. The summed E-state index contributed by atoms with van der Waals surface area (Å²) in [6, 6.07) is 16.5. The summed E-state index contributed by atoms with van der Waals surface area (Å²) in [5, 5.41) is 19.4. The van der Waals surface area contributed by atoms with Gasteiger partial charge in [-0.3, -0.25) is 4.90 Å². The van der Waals surface area contributed by atoms with E-state index < -0.39 is 0 Å². The second-order valence-electron chi connectivity index (χ2n) is 7.54. The topological polar surface area (TPSA) is 63.7 Å². The minimum atomic E-state index is 0.0718. The summed E-state index contributed by atoms with van der Waals surface area (Å²) in [6.45, 7) is 1.22. The number of quaternary nitrogens is 1. The molecule has 148 valence electrons. The van der Waals surface area contributed by atoms with Crippen LogP contribution in [0.2, 0.25) is 0 Å². The maximum atomic E-state index is 9.72. The molecule has 2 aliphatic heterocycles. The van der Waals surface area contributed by atoms with Crippen molar-refractivity contribution in [2.24, 2.45) is 4.99 Å². The number of nitrogens with zero attached hydrogens (tertiary/aromatic N) is 3. The zero-order valence-electron chi connectivity index (χ0n) is 16.4. The van der Waals surface area contributed by atoms with Gasteiger partial charge < -0.3 is 20.0 Å². The fourth-order valence-electron chi connectivity index (χ4n) is 4.63. The molecule has 0 bridgehead atoms. The predicted octanol–water partition coefficient (Wildman–Crippen LogP) is 1.38. The van der Waals surface area contributed by atoms with Gasteiger partial charge in [0.05, 0.1) is 48.7 Å². The lowest BCUT2D eigenvalue weighted by Gasteiger charge is -2.43. The summed E-state index contributed by atoms with van der Waals surface area (Å²) in [5.41, 5.74) is 7.35. The number of anilines is 2. The molecule has 1 aliphatic carbocycles. The van der Waals surface area contributed by atoms with E-state index in [1.165, 1.54) is 10.6 Å². The molecule has 3 aliphatic rings. The van der Waals surface area contributed by atoms with Gasteiger partial charge in [0, 0.05) is 25.2 Å². The molecule has 6 nitrogen and oxygen atoms in total. The number of β-amino-alcohol motifs (C(OH)–C–C–N with tert-alkyl or cyclic N) is 2. The number of nitrogens with one attached hydrogen (secondary N) is 1. The summed E-state index contributed by atoms with van der Waals surface area (Å²) in [7, 11) is 2.18. The van der Waals surface area contributed by atoms with E-state index in [0.717, 1.165) is 34.2 Å². The van der Waals surface area contributed by atoms with Crippen LogP contribution in [0.15, 0.2) is 77.1 Å². The number of aliphatic imine (C=N–C) groups is 1. The third-order valence-electron chi connectivity index (χ3n) is 5.94. The SMILES string of the molecule is C[NH+]1c2ccccc2N(CCO)C2=CC3=Nc4ccccc4N(CCO)C3=CC21. The average Bonchev–Trinajstić information content (AvgIpc) is 2.76. The summed E-state index contributed by atoms with van der Waals surface area (Å²) in [5.74, 6) is 0. The lowest BCUT2D eigenvalue weighted by atomic mass is 9.93. The zero-order chi connectivity index (χ0) is 20.0. The first kappa shape index (κ1) is 18.1. The van der Waals surface area contributed by atoms with E-state index in [0.29, 0.717) is 13.1 Å². The van der Waals surface area contributed by atoms with Gasteiger partial charge >= 0.3 is 0 Å². The molecule has 2 aromatic rings. The summed E-state index contributed by atoms with van der Waals surface area (Å²) in [6.07, 6.45) is 4.41. The number of fused-ring (bicyclic) bond motifs is 4. The number of rotatable bonds is 4. The van der Waals surface area contributed by atoms with Crippen molar-refractivity contribution in [3.05, 3.63) is 72.1 Å². The van der Waals surface area contributed by atoms with Gasteiger partial charge in [-0.15, -0.1) is 0 Å². The van der Waals surface area contributed by atoms with Crippen LogP contribution in [0.3, 0.4) is 0 Å². The van der Waals surface area contributed by atoms with Gasteiger partial charge in [0.15, 0.2) is 11.7 Å². The van der Waals surface area contributed by atoms with Gasteiger partial charge in [-0.25, -0.2) is 4.99 Å². The van der Waals surface area contributed by atoms with Gasteiger partial charge in [0.25, 0.3) is 0 Å². The summed E-state index contributed by atoms with van der Waals surface area (Å²) in [4.78, 5) is 10.6. The van der Waals surface area contributed by atoms with Crippen molar-refractivity contribution in [2.45, 2.75) is 6.04 Å². The minimum Gasteiger partial charge on any atom is -0.395 e. The first-order valence-corrected chi connectivity index (χ1v) is 10.0. The highest BCUT2D eigenvalue weighted by atomic mass is 16.3. The Morgan fingerprint density at radius 1 is 0.931 bits per heavy atom. The van der Waals surface area contributed by atoms with Crippen LogP contribution in [0, 0.1) is 0 Å². The largest absolute Gasteiger partial charge is 0.395 e. The number of hydrogen-bond acceptors (Lipinski definition) is 5. The average molecular weight is 389 g/mol. The van der Waals surface area contributed by atoms with Gasteiger partial charge in [-0.1, -0.05) is 24.3 Å². The molecule has 0 saturated heterocycles. The van der Waals surface area contributed by atoms with E-state index in [4.69, 9.17) is 4.99 Å². The molecule has 2 heterocycles. The molecule has 6 heteroatoms. The van der Waals surface area contributed by atoms with E-state index >= 15 is 0 Å². The Kier molecular flexibility index (Phi) is 4.47. The monoisotopic (exact) mass is 389 g/mol. The van der Waals surface area contributed by atoms with E-state index in [1.807, 2.05) is 24.3 Å². The number of hydrogen-bond donors (Lipinski definition) is 3. The molecule has 2 aromatic carbocycles. The van der Waals surface area contributed by atoms with Gasteiger partial charge in [0.1, 0.15) is 5.69 Å². The van der Waals surface area contributed by atoms with Crippen LogP contribution in [0.5, 0.6) is 0 Å². The standard InChI is InChI=1S/C23H24N4O2/c1-25-19-8-4-5-9-20(19)27(11-13-29)23-14-17-21(15-22(23)25)26(10-12-28)18-7-3-2-6-16(18)24-17/h2-9,14-15,22,28-29H,10-13H2,1H3/p+1. The molecule has 0 amide bonds. The Morgan fingerprint density at radius 2 is 1.62 bits per heavy atom. The molecule has 2 unspecified atom stereocenters. The lowest BCUT2D eigenvalue weighted by Crippen LogP contribution is -3.09. The number of likely N-dealkylation sites (N-methyl/N-ethyl adjacent to an activating group) is 1. The highest BCUT2D eigenvalue weighted by Crippen LogP contribution is 2.40. The Hall–Kier alpha value is -2.93. The molecule has 0 aromatic heterocycles. The molecular formula is C23H25N4O2+. The van der Waals surface area contributed by atoms with Gasteiger partial charge in [-0.05, 0) is 24.3 Å². The second-order valence-corrected chi connectivity index (χ2v) is 7.54. The maximum absolute atomic E-state index is 9.72. The Balaban J connectivity index is 1.68. The quantitative estimate of drug-likeness (QED) is 0.739. The molecule has 3 N–H and O–H groups in total. The Morgan fingerprint density at radius 3 is 2.41 bits per heavy atom. The van der Waals surface area contributed by atoms with Crippen molar-refractivity contribution >= 4 is 28.5 Å². The Labute approximate surface area is 170 Å². The van der Waals surface area contributed by atoms with Crippen molar-refractivity contribution in [1.29, 1.82) is 0 Å². The Bertz CT molecular complexity index is 1040. The van der Waals surface area contributed by atoms with Gasteiger partial charge in [-0.2, -0.15) is 0 Å². The second kappa shape index (κ2) is 7.15. The highest BCUT2D eigenvalue weighted by Gasteiger charge is 2.40. The highest BCUT2D eigenvalue weighted by molar-refractivity contribution is 6.16. The molecule has 0 saturated carbocycles. The van der Waals surface area contributed by atoms with Crippen molar-refractivity contribution in [3.8, 4) is 0 Å². The number of aliphatic hydroxyl groups excluding tert-OH is 2. The fourth-order valence-corrected chi connectivity index (χ4v) is 4.63. The lowest BCUT2D eigenvalue weighted by molar-refractivity contribution is -0.826. The van der Waals surface area contributed by atoms with Crippen LogP contribution in [0.4, 0.5) is 22.7 Å². The van der Waals surface area contributed by atoms with E-state index in [2.05, 4.69) is 53.3 Å². The van der Waals surface area contributed by atoms with Crippen molar-refractivity contribution < 1.29 is 15.1 Å². The number of benzene rings is 2. The molecular weight excluding hydrogens is 364 g/mol. The van der Waals surface area contributed by atoms with Crippen LogP contribution in [-0.2, 0) is 0 Å². The molecule has 5 rings (SSSR count). The fraction of sp³-hybridized carbons (Fsp3) is 0.261. The first-order valence-electron chi connectivity index (χ1n) is 10.0.